The number of hydrogen-bond donors (Lipinski definition) is 2. The molecule has 8 rings (SSSR count). The zero-order chi connectivity index (χ0) is 37.8. The largest absolute Gasteiger partial charge is 1.00 e. The van der Waals surface area contributed by atoms with Crippen LogP contribution in [0.15, 0.2) is 30.3 Å². The average Bonchev–Trinajstić information content (AvgIpc) is 3.17. The number of anilines is 1. The van der Waals surface area contributed by atoms with E-state index in [2.05, 4.69) is 26.9 Å². The summed E-state index contributed by atoms with van der Waals surface area (Å²) in [6, 6.07) is 10.6. The Hall–Kier alpha value is -3.74. The van der Waals surface area contributed by atoms with Crippen molar-refractivity contribution in [1.29, 1.82) is 0 Å². The van der Waals surface area contributed by atoms with Crippen molar-refractivity contribution in [3.8, 4) is 22.6 Å². The highest BCUT2D eigenvalue weighted by Crippen LogP contribution is 2.51. The van der Waals surface area contributed by atoms with Crippen LogP contribution in [0, 0.1) is 0 Å². The number of benzene rings is 3. The van der Waals surface area contributed by atoms with Crippen LogP contribution in [0.25, 0.3) is 17.2 Å². The van der Waals surface area contributed by atoms with Crippen LogP contribution in [0.5, 0.6) is 11.5 Å². The smallest absolute Gasteiger partial charge is 0.500 e. The Labute approximate surface area is 332 Å². The number of carbonyl (C=O) groups excluding carboxylic acids is 1. The van der Waals surface area contributed by atoms with Crippen LogP contribution < -0.4 is 42.5 Å². The topological polar surface area (TPSA) is 110 Å². The summed E-state index contributed by atoms with van der Waals surface area (Å²) in [6.45, 7) is 14.1. The zero-order valence-corrected chi connectivity index (χ0v) is 34.6. The van der Waals surface area contributed by atoms with Gasteiger partial charge in [0.15, 0.2) is 0 Å². The van der Waals surface area contributed by atoms with Crippen molar-refractivity contribution in [3.05, 3.63) is 74.3 Å². The molecular formula is C43H56ClN3O7Si. The van der Waals surface area contributed by atoms with Gasteiger partial charge in [-0.25, -0.2) is 9.37 Å². The first kappa shape index (κ1) is 40.9. The molecule has 5 heterocycles. The molecule has 0 atom stereocenters. The van der Waals surface area contributed by atoms with Crippen LogP contribution in [0.3, 0.4) is 0 Å². The second-order valence-electron chi connectivity index (χ2n) is 14.8. The van der Waals surface area contributed by atoms with Crippen molar-refractivity contribution in [2.24, 2.45) is 0 Å². The minimum Gasteiger partial charge on any atom is -1.00 e. The molecule has 0 aliphatic carbocycles. The standard InChI is InChI=1S/C32H30N2O3.C11H25NO4Si.ClH/c35-32(36)22-9-2-1-8-21(22)27-23-10-4-15-34-16-6-12-25(29(23)34)31-26(27)18-20-17-19-7-3-13-33-14-5-11-24(28(19)33)30(20)37-31;1-5-14-17(15-6-2,16-7-3)10-8-9-12-11(4)13;/h1-2,8-9,17-18H,3-7,10-16H2;5-10H2,1-4H3,(H,12,13);1H. The van der Waals surface area contributed by atoms with E-state index in [0.29, 0.717) is 31.9 Å². The molecule has 5 aliphatic rings. The summed E-state index contributed by atoms with van der Waals surface area (Å²) in [5, 5.41) is 15.5. The van der Waals surface area contributed by atoms with Gasteiger partial charge < -0.3 is 45.7 Å². The van der Waals surface area contributed by atoms with Gasteiger partial charge in [-0.15, -0.1) is 0 Å². The molecule has 0 aromatic heterocycles. The number of aryl methyl sites for hydroxylation is 1. The van der Waals surface area contributed by atoms with Crippen molar-refractivity contribution in [3.63, 3.8) is 0 Å². The third kappa shape index (κ3) is 8.23. The highest BCUT2D eigenvalue weighted by atomic mass is 35.5. The fraction of sp³-hybridized carbons (Fsp3) is 0.512. The maximum atomic E-state index is 12.4. The lowest BCUT2D eigenvalue weighted by Crippen LogP contribution is -3.00. The van der Waals surface area contributed by atoms with Gasteiger partial charge >= 0.3 is 14.8 Å². The minimum atomic E-state index is -2.52. The van der Waals surface area contributed by atoms with Crippen LogP contribution >= 0.6 is 0 Å². The fourth-order valence-electron chi connectivity index (χ4n) is 9.29. The van der Waals surface area contributed by atoms with Gasteiger partial charge in [-0.2, -0.15) is 0 Å². The fourth-order valence-corrected chi connectivity index (χ4v) is 11.9. The molecule has 12 heteroatoms. The first-order chi connectivity index (χ1) is 26.3. The van der Waals surface area contributed by atoms with Gasteiger partial charge in [0, 0.05) is 92.9 Å². The van der Waals surface area contributed by atoms with Gasteiger partial charge in [0.05, 0.1) is 11.1 Å². The second-order valence-corrected chi connectivity index (χ2v) is 17.5. The van der Waals surface area contributed by atoms with Gasteiger partial charge in [-0.1, -0.05) is 18.2 Å². The Morgan fingerprint density at radius 2 is 1.55 bits per heavy atom. The number of carbonyl (C=O) groups is 2. The summed E-state index contributed by atoms with van der Waals surface area (Å²) < 4.78 is 26.7. The molecule has 0 radical (unpaired) electrons. The Balaban J connectivity index is 0.000000246. The number of amides is 1. The number of hydrogen-bond acceptors (Lipinski definition) is 7. The number of ether oxygens (including phenoxy) is 1. The Kier molecular flexibility index (Phi) is 13.4. The van der Waals surface area contributed by atoms with E-state index in [1.54, 1.807) is 6.07 Å². The summed E-state index contributed by atoms with van der Waals surface area (Å²) >= 11 is 0. The maximum Gasteiger partial charge on any atom is 0.500 e. The molecule has 0 unspecified atom stereocenters. The van der Waals surface area contributed by atoms with Crippen LogP contribution in [0.4, 0.5) is 5.69 Å². The SMILES string of the molecule is CCO[Si](CCCNC(C)=O)(OCC)OCC.O=C(O)c1ccccc1-c1c2c(c3c4c1CCCN4CCC3)Oc1c3c4c(cc1=C2)CCC[N+]=4CCC3.[Cl-]. The van der Waals surface area contributed by atoms with E-state index >= 15 is 0 Å². The number of nitrogens with one attached hydrogen (secondary N) is 1. The van der Waals surface area contributed by atoms with Gasteiger partial charge in [-0.3, -0.25) is 4.79 Å². The lowest BCUT2D eigenvalue weighted by Gasteiger charge is -2.40. The van der Waals surface area contributed by atoms with Gasteiger partial charge in [0.1, 0.15) is 24.6 Å². The zero-order valence-electron chi connectivity index (χ0n) is 32.9. The molecule has 0 saturated heterocycles. The molecule has 3 aromatic carbocycles. The molecule has 0 bridgehead atoms. The molecule has 296 valence electrons. The van der Waals surface area contributed by atoms with Crippen molar-refractivity contribution < 1.29 is 45.1 Å². The van der Waals surface area contributed by atoms with Crippen molar-refractivity contribution >= 4 is 32.4 Å². The highest BCUT2D eigenvalue weighted by Gasteiger charge is 2.40. The minimum absolute atomic E-state index is 0. The summed E-state index contributed by atoms with van der Waals surface area (Å²) in [5.74, 6) is 1.12. The number of carboxylic acids is 1. The van der Waals surface area contributed by atoms with E-state index < -0.39 is 14.8 Å². The van der Waals surface area contributed by atoms with Crippen molar-refractivity contribution in [2.75, 3.05) is 57.4 Å². The third-order valence-electron chi connectivity index (χ3n) is 11.2. The monoisotopic (exact) mass is 789 g/mol. The van der Waals surface area contributed by atoms with Crippen LogP contribution in [0.1, 0.15) is 98.0 Å². The lowest BCUT2D eigenvalue weighted by atomic mass is 9.80. The number of fused-ring (bicyclic) bond motifs is 4. The van der Waals surface area contributed by atoms with Crippen molar-refractivity contribution in [2.45, 2.75) is 91.5 Å². The Morgan fingerprint density at radius 3 is 2.22 bits per heavy atom. The average molecular weight is 790 g/mol. The number of aromatic carboxylic acids is 1. The molecule has 10 nitrogen and oxygen atoms in total. The van der Waals surface area contributed by atoms with Crippen LogP contribution in [-0.4, -0.2) is 78.3 Å². The molecule has 0 spiro atoms. The van der Waals surface area contributed by atoms with E-state index in [4.69, 9.17) is 18.0 Å². The first-order valence-electron chi connectivity index (χ1n) is 20.2. The quantitative estimate of drug-likeness (QED) is 0.128. The molecule has 3 aromatic rings. The predicted molar refractivity (Wildman–Crippen MR) is 213 cm³/mol. The van der Waals surface area contributed by atoms with Crippen LogP contribution in [-0.2, 0) is 43.8 Å². The normalized spacial score (nSPS) is 16.1. The second kappa shape index (κ2) is 18.0. The summed E-state index contributed by atoms with van der Waals surface area (Å²) in [4.78, 5) is 25.6. The predicted octanol–water partition coefficient (Wildman–Crippen LogP) is 2.63. The number of halogens is 1. The molecule has 55 heavy (non-hydrogen) atoms. The number of carboxylic acid groups (broad SMARTS) is 1. The summed E-state index contributed by atoms with van der Waals surface area (Å²) in [5.41, 5.74) is 10.1. The molecule has 5 aliphatic heterocycles. The Morgan fingerprint density at radius 1 is 0.891 bits per heavy atom. The molecule has 0 saturated carbocycles. The van der Waals surface area contributed by atoms with E-state index in [1.807, 2.05) is 39.0 Å². The number of nitrogens with zero attached hydrogens (tertiary/aromatic N) is 2. The van der Waals surface area contributed by atoms with E-state index in [0.717, 1.165) is 111 Å². The van der Waals surface area contributed by atoms with Gasteiger partial charge in [0.2, 0.25) is 11.3 Å². The van der Waals surface area contributed by atoms with E-state index in [-0.39, 0.29) is 18.3 Å². The summed E-state index contributed by atoms with van der Waals surface area (Å²) in [6.07, 6.45) is 11.9. The molecule has 1 amide bonds. The van der Waals surface area contributed by atoms with Gasteiger partial charge in [-0.05, 0) is 101 Å². The molecule has 2 N–H and O–H groups in total. The number of rotatable bonds is 12. The van der Waals surface area contributed by atoms with Crippen LogP contribution in [0.2, 0.25) is 6.04 Å². The Bertz CT molecular complexity index is 2030. The van der Waals surface area contributed by atoms with Crippen molar-refractivity contribution in [1.82, 2.24) is 9.89 Å². The first-order valence-corrected chi connectivity index (χ1v) is 22.1. The third-order valence-corrected chi connectivity index (χ3v) is 14.4. The molecule has 0 fully saturated rings. The van der Waals surface area contributed by atoms with E-state index in [9.17, 15) is 14.7 Å². The highest BCUT2D eigenvalue weighted by molar-refractivity contribution is 6.60. The lowest BCUT2D eigenvalue weighted by molar-refractivity contribution is -0.118. The van der Waals surface area contributed by atoms with Gasteiger partial charge in [0.25, 0.3) is 0 Å². The van der Waals surface area contributed by atoms with E-state index in [1.165, 1.54) is 53.1 Å². The maximum absolute atomic E-state index is 12.4. The molecular weight excluding hydrogens is 734 g/mol. The summed E-state index contributed by atoms with van der Waals surface area (Å²) in [7, 11) is -2.52.